The van der Waals surface area contributed by atoms with Gasteiger partial charge in [-0.25, -0.2) is 9.50 Å². The Morgan fingerprint density at radius 1 is 1.37 bits per heavy atom. The zero-order valence-electron chi connectivity index (χ0n) is 10.9. The normalized spacial score (nSPS) is 11.1. The van der Waals surface area contributed by atoms with Gasteiger partial charge in [0, 0.05) is 18.9 Å². The van der Waals surface area contributed by atoms with E-state index in [1.807, 2.05) is 28.3 Å². The van der Waals surface area contributed by atoms with Crippen LogP contribution in [0.25, 0.3) is 5.52 Å². The van der Waals surface area contributed by atoms with Gasteiger partial charge in [0.1, 0.15) is 11.8 Å². The van der Waals surface area contributed by atoms with Crippen molar-refractivity contribution < 1.29 is 0 Å². The third kappa shape index (κ3) is 2.14. The van der Waals surface area contributed by atoms with E-state index in [1.54, 1.807) is 12.5 Å². The minimum absolute atomic E-state index is 0.588. The Hall–Kier alpha value is -2.44. The molecule has 0 saturated heterocycles. The molecule has 0 saturated carbocycles. The van der Waals surface area contributed by atoms with E-state index < -0.39 is 0 Å². The summed E-state index contributed by atoms with van der Waals surface area (Å²) in [6.45, 7) is 5.47. The molecule has 0 fully saturated rings. The first kappa shape index (κ1) is 11.6. The lowest BCUT2D eigenvalue weighted by Crippen LogP contribution is -2.09. The summed E-state index contributed by atoms with van der Waals surface area (Å²) in [7, 11) is 0. The molecule has 7 nitrogen and oxygen atoms in total. The molecule has 3 aromatic heterocycles. The van der Waals surface area contributed by atoms with Crippen molar-refractivity contribution in [2.24, 2.45) is 0 Å². The molecule has 7 heteroatoms. The number of nitrogens with zero attached hydrogens (tertiary/aromatic N) is 6. The van der Waals surface area contributed by atoms with E-state index in [0.717, 1.165) is 29.4 Å². The van der Waals surface area contributed by atoms with Crippen molar-refractivity contribution in [3.05, 3.63) is 36.3 Å². The van der Waals surface area contributed by atoms with Gasteiger partial charge in [-0.2, -0.15) is 5.10 Å². The van der Waals surface area contributed by atoms with E-state index >= 15 is 0 Å². The fraction of sp³-hybridized carbons (Fsp3) is 0.333. The summed E-state index contributed by atoms with van der Waals surface area (Å²) in [5.74, 6) is 1.69. The summed E-state index contributed by atoms with van der Waals surface area (Å²) in [5, 5.41) is 15.6. The number of nitrogens with one attached hydrogen (secondary N) is 1. The predicted octanol–water partition coefficient (Wildman–Crippen LogP) is 1.26. The van der Waals surface area contributed by atoms with Gasteiger partial charge in [0.2, 0.25) is 0 Å². The van der Waals surface area contributed by atoms with Crippen LogP contribution in [0.3, 0.4) is 0 Å². The first-order valence-corrected chi connectivity index (χ1v) is 6.19. The Morgan fingerprint density at radius 3 is 3.11 bits per heavy atom. The number of aryl methyl sites for hydroxylation is 2. The smallest absolute Gasteiger partial charge is 0.152 e. The van der Waals surface area contributed by atoms with Crippen LogP contribution in [0.5, 0.6) is 0 Å². The van der Waals surface area contributed by atoms with Gasteiger partial charge >= 0.3 is 0 Å². The first-order chi connectivity index (χ1) is 9.28. The number of rotatable bonds is 4. The van der Waals surface area contributed by atoms with Crippen molar-refractivity contribution in [2.45, 2.75) is 26.9 Å². The van der Waals surface area contributed by atoms with E-state index in [9.17, 15) is 0 Å². The Morgan fingerprint density at radius 2 is 2.26 bits per heavy atom. The SMILES string of the molecule is CCn1cnnc1CNc1nccn2nc(C)cc12. The fourth-order valence-corrected chi connectivity index (χ4v) is 2.02. The van der Waals surface area contributed by atoms with Gasteiger partial charge in [-0.05, 0) is 19.9 Å². The Bertz CT molecular complexity index is 697. The number of aromatic nitrogens is 6. The molecule has 98 valence electrons. The highest BCUT2D eigenvalue weighted by Crippen LogP contribution is 2.15. The Labute approximate surface area is 110 Å². The van der Waals surface area contributed by atoms with Crippen molar-refractivity contribution in [1.29, 1.82) is 0 Å². The Kier molecular flexibility index (Phi) is 2.86. The molecule has 0 aromatic carbocycles. The lowest BCUT2D eigenvalue weighted by molar-refractivity contribution is 0.707. The summed E-state index contributed by atoms with van der Waals surface area (Å²) in [6, 6.07) is 2.00. The minimum atomic E-state index is 0.588. The summed E-state index contributed by atoms with van der Waals surface area (Å²) >= 11 is 0. The van der Waals surface area contributed by atoms with Crippen molar-refractivity contribution >= 4 is 11.3 Å². The van der Waals surface area contributed by atoms with Gasteiger partial charge in [-0.3, -0.25) is 0 Å². The molecule has 3 aromatic rings. The molecule has 0 atom stereocenters. The summed E-state index contributed by atoms with van der Waals surface area (Å²) in [5.41, 5.74) is 1.93. The van der Waals surface area contributed by atoms with Crippen LogP contribution in [0.2, 0.25) is 0 Å². The molecule has 3 heterocycles. The molecular formula is C12H15N7. The maximum absolute atomic E-state index is 4.36. The van der Waals surface area contributed by atoms with E-state index in [1.165, 1.54) is 0 Å². The molecule has 0 amide bonds. The van der Waals surface area contributed by atoms with Gasteiger partial charge < -0.3 is 9.88 Å². The molecule has 19 heavy (non-hydrogen) atoms. The topological polar surface area (TPSA) is 72.9 Å². The average Bonchev–Trinajstić information content (AvgIpc) is 3.00. The minimum Gasteiger partial charge on any atom is -0.361 e. The van der Waals surface area contributed by atoms with Gasteiger partial charge in [0.25, 0.3) is 0 Å². The average molecular weight is 257 g/mol. The largest absolute Gasteiger partial charge is 0.361 e. The van der Waals surface area contributed by atoms with Crippen molar-refractivity contribution in [3.63, 3.8) is 0 Å². The molecule has 0 aliphatic heterocycles. The molecule has 0 aliphatic carbocycles. The van der Waals surface area contributed by atoms with Gasteiger partial charge in [0.15, 0.2) is 11.6 Å². The van der Waals surface area contributed by atoms with Crippen molar-refractivity contribution in [3.8, 4) is 0 Å². The maximum atomic E-state index is 4.36. The third-order valence-electron chi connectivity index (χ3n) is 2.96. The highest BCUT2D eigenvalue weighted by Gasteiger charge is 2.07. The standard InChI is InChI=1S/C12H15N7/c1-3-18-8-15-16-11(18)7-14-12-10-6-9(2)17-19(10)5-4-13-12/h4-6,8H,3,7H2,1-2H3,(H,13,14). The van der Waals surface area contributed by atoms with Crippen LogP contribution in [0.4, 0.5) is 5.82 Å². The number of anilines is 1. The van der Waals surface area contributed by atoms with Gasteiger partial charge in [-0.15, -0.1) is 10.2 Å². The molecule has 3 rings (SSSR count). The predicted molar refractivity (Wildman–Crippen MR) is 70.7 cm³/mol. The van der Waals surface area contributed by atoms with E-state index in [2.05, 4.69) is 32.5 Å². The quantitative estimate of drug-likeness (QED) is 0.761. The van der Waals surface area contributed by atoms with Crippen LogP contribution in [-0.2, 0) is 13.1 Å². The van der Waals surface area contributed by atoms with E-state index in [-0.39, 0.29) is 0 Å². The summed E-state index contributed by atoms with van der Waals surface area (Å²) < 4.78 is 3.81. The second kappa shape index (κ2) is 4.68. The van der Waals surface area contributed by atoms with Crippen LogP contribution in [0.15, 0.2) is 24.8 Å². The molecular weight excluding hydrogens is 242 g/mol. The zero-order chi connectivity index (χ0) is 13.2. The lowest BCUT2D eigenvalue weighted by atomic mass is 10.4. The number of hydrogen-bond donors (Lipinski definition) is 1. The van der Waals surface area contributed by atoms with Crippen LogP contribution in [0.1, 0.15) is 18.4 Å². The second-order valence-corrected chi connectivity index (χ2v) is 4.28. The molecule has 0 spiro atoms. The number of hydrogen-bond acceptors (Lipinski definition) is 5. The van der Waals surface area contributed by atoms with Gasteiger partial charge in [-0.1, -0.05) is 0 Å². The molecule has 0 unspecified atom stereocenters. The van der Waals surface area contributed by atoms with E-state index in [4.69, 9.17) is 0 Å². The molecule has 1 N–H and O–H groups in total. The highest BCUT2D eigenvalue weighted by atomic mass is 15.3. The van der Waals surface area contributed by atoms with Crippen LogP contribution < -0.4 is 5.32 Å². The monoisotopic (exact) mass is 257 g/mol. The Balaban J connectivity index is 1.85. The summed E-state index contributed by atoms with van der Waals surface area (Å²) in [4.78, 5) is 4.35. The molecule has 0 radical (unpaired) electrons. The van der Waals surface area contributed by atoms with Crippen LogP contribution >= 0.6 is 0 Å². The van der Waals surface area contributed by atoms with E-state index in [0.29, 0.717) is 6.54 Å². The summed E-state index contributed by atoms with van der Waals surface area (Å²) in [6.07, 6.45) is 5.29. The van der Waals surface area contributed by atoms with Crippen molar-refractivity contribution in [1.82, 2.24) is 29.4 Å². The molecule has 0 aliphatic rings. The zero-order valence-corrected chi connectivity index (χ0v) is 10.9. The van der Waals surface area contributed by atoms with Gasteiger partial charge in [0.05, 0.1) is 12.2 Å². The van der Waals surface area contributed by atoms with Crippen LogP contribution in [0, 0.1) is 6.92 Å². The molecule has 0 bridgehead atoms. The fourth-order valence-electron chi connectivity index (χ4n) is 2.02. The first-order valence-electron chi connectivity index (χ1n) is 6.19. The van der Waals surface area contributed by atoms with Crippen LogP contribution in [-0.4, -0.2) is 29.4 Å². The third-order valence-corrected chi connectivity index (χ3v) is 2.96. The lowest BCUT2D eigenvalue weighted by Gasteiger charge is -2.07. The number of fused-ring (bicyclic) bond motifs is 1. The van der Waals surface area contributed by atoms with Crippen molar-refractivity contribution in [2.75, 3.05) is 5.32 Å². The maximum Gasteiger partial charge on any atom is 0.152 e. The highest BCUT2D eigenvalue weighted by molar-refractivity contribution is 5.67. The second-order valence-electron chi connectivity index (χ2n) is 4.28.